The van der Waals surface area contributed by atoms with Gasteiger partial charge in [0, 0.05) is 19.5 Å². The van der Waals surface area contributed by atoms with E-state index in [-0.39, 0.29) is 5.91 Å². The van der Waals surface area contributed by atoms with Crippen LogP contribution in [0.15, 0.2) is 22.8 Å². The van der Waals surface area contributed by atoms with E-state index in [0.717, 1.165) is 5.76 Å². The summed E-state index contributed by atoms with van der Waals surface area (Å²) in [5.41, 5.74) is 1.08. The summed E-state index contributed by atoms with van der Waals surface area (Å²) in [5.74, 6) is 0.630. The smallest absolute Gasteiger partial charge is 0.271 e. The number of nitrogens with one attached hydrogen (secondary N) is 1. The van der Waals surface area contributed by atoms with Crippen LogP contribution in [0.5, 0.6) is 0 Å². The van der Waals surface area contributed by atoms with Crippen LogP contribution in [0.3, 0.4) is 0 Å². The summed E-state index contributed by atoms with van der Waals surface area (Å²) in [6.07, 6.45) is 2.26. The molecule has 2 aromatic rings. The van der Waals surface area contributed by atoms with Crippen molar-refractivity contribution < 1.29 is 9.21 Å². The monoisotopic (exact) mass is 281 g/mol. The number of amides is 1. The molecule has 0 aliphatic rings. The summed E-state index contributed by atoms with van der Waals surface area (Å²) in [4.78, 5) is 12.1. The fraction of sp³-hybridized carbons (Fsp3) is 0.385. The molecule has 2 aromatic heterocycles. The quantitative estimate of drug-likeness (QED) is 0.916. The lowest BCUT2D eigenvalue weighted by atomic mass is 10.3. The molecule has 5 nitrogen and oxygen atoms in total. The molecule has 0 radical (unpaired) electrons. The maximum atomic E-state index is 12.1. The molecule has 2 rings (SSSR count). The highest BCUT2D eigenvalue weighted by molar-refractivity contribution is 6.34. The molecule has 0 aliphatic carbocycles. The first-order valence-corrected chi connectivity index (χ1v) is 6.54. The van der Waals surface area contributed by atoms with Gasteiger partial charge in [-0.15, -0.1) is 0 Å². The molecule has 2 heterocycles. The summed E-state index contributed by atoms with van der Waals surface area (Å²) < 4.78 is 6.81. The molecule has 0 atom stereocenters. The van der Waals surface area contributed by atoms with Crippen LogP contribution in [-0.2, 0) is 13.0 Å². The number of aryl methyl sites for hydroxylation is 2. The van der Waals surface area contributed by atoms with Gasteiger partial charge in [-0.1, -0.05) is 11.6 Å². The van der Waals surface area contributed by atoms with Crippen molar-refractivity contribution in [2.45, 2.75) is 26.8 Å². The molecule has 0 aromatic carbocycles. The van der Waals surface area contributed by atoms with Crippen LogP contribution in [-0.4, -0.2) is 22.2 Å². The number of halogens is 1. The number of rotatable bonds is 5. The third kappa shape index (κ3) is 2.98. The topological polar surface area (TPSA) is 60.1 Å². The van der Waals surface area contributed by atoms with Gasteiger partial charge in [0.1, 0.15) is 11.5 Å². The highest BCUT2D eigenvalue weighted by Gasteiger charge is 2.19. The van der Waals surface area contributed by atoms with Crippen LogP contribution in [0.25, 0.3) is 0 Å². The van der Waals surface area contributed by atoms with Crippen molar-refractivity contribution in [2.24, 2.45) is 0 Å². The van der Waals surface area contributed by atoms with Gasteiger partial charge in [-0.3, -0.25) is 9.48 Å². The number of carbonyl (C=O) groups is 1. The van der Waals surface area contributed by atoms with Gasteiger partial charge in [-0.2, -0.15) is 5.10 Å². The van der Waals surface area contributed by atoms with Crippen LogP contribution in [0, 0.1) is 6.92 Å². The first kappa shape index (κ1) is 13.7. The predicted molar refractivity (Wildman–Crippen MR) is 72.4 cm³/mol. The van der Waals surface area contributed by atoms with Gasteiger partial charge in [0.15, 0.2) is 0 Å². The van der Waals surface area contributed by atoms with Crippen molar-refractivity contribution in [3.8, 4) is 0 Å². The van der Waals surface area contributed by atoms with Crippen molar-refractivity contribution in [1.29, 1.82) is 0 Å². The molecule has 0 fully saturated rings. The Morgan fingerprint density at radius 2 is 2.37 bits per heavy atom. The van der Waals surface area contributed by atoms with Crippen molar-refractivity contribution in [3.05, 3.63) is 40.6 Å². The minimum Gasteiger partial charge on any atom is -0.469 e. The molecular formula is C13H16ClN3O2. The predicted octanol–water partition coefficient (Wildman–Crippen LogP) is 2.43. The van der Waals surface area contributed by atoms with E-state index < -0.39 is 0 Å². The minimum absolute atomic E-state index is 0.209. The van der Waals surface area contributed by atoms with Gasteiger partial charge in [-0.25, -0.2) is 0 Å². The van der Waals surface area contributed by atoms with Crippen LogP contribution < -0.4 is 5.32 Å². The van der Waals surface area contributed by atoms with E-state index in [0.29, 0.717) is 35.9 Å². The summed E-state index contributed by atoms with van der Waals surface area (Å²) in [5, 5.41) is 7.45. The summed E-state index contributed by atoms with van der Waals surface area (Å²) >= 11 is 6.10. The van der Waals surface area contributed by atoms with Crippen molar-refractivity contribution >= 4 is 17.5 Å². The maximum absolute atomic E-state index is 12.1. The molecule has 6 heteroatoms. The first-order valence-electron chi connectivity index (χ1n) is 6.17. The zero-order valence-electron chi connectivity index (χ0n) is 10.9. The third-order valence-corrected chi connectivity index (χ3v) is 3.26. The van der Waals surface area contributed by atoms with Gasteiger partial charge in [0.25, 0.3) is 5.91 Å². The number of hydrogen-bond acceptors (Lipinski definition) is 3. The summed E-state index contributed by atoms with van der Waals surface area (Å²) in [6, 6.07) is 3.70. The average molecular weight is 282 g/mol. The number of hydrogen-bond donors (Lipinski definition) is 1. The van der Waals surface area contributed by atoms with E-state index >= 15 is 0 Å². The van der Waals surface area contributed by atoms with E-state index in [1.807, 2.05) is 19.1 Å². The van der Waals surface area contributed by atoms with Gasteiger partial charge in [0.2, 0.25) is 0 Å². The lowest BCUT2D eigenvalue weighted by Gasteiger charge is -2.06. The second-order valence-electron chi connectivity index (χ2n) is 4.15. The molecule has 102 valence electrons. The largest absolute Gasteiger partial charge is 0.469 e. The number of furan rings is 1. The average Bonchev–Trinajstić information content (AvgIpc) is 2.99. The Kier molecular flexibility index (Phi) is 4.27. The van der Waals surface area contributed by atoms with Crippen LogP contribution in [0.4, 0.5) is 0 Å². The zero-order valence-corrected chi connectivity index (χ0v) is 11.7. The highest BCUT2D eigenvalue weighted by Crippen LogP contribution is 2.19. The minimum atomic E-state index is -0.209. The van der Waals surface area contributed by atoms with E-state index in [9.17, 15) is 4.79 Å². The normalized spacial score (nSPS) is 10.7. The molecule has 1 N–H and O–H groups in total. The molecule has 0 saturated carbocycles. The van der Waals surface area contributed by atoms with E-state index in [1.165, 1.54) is 0 Å². The molecule has 0 bridgehead atoms. The van der Waals surface area contributed by atoms with E-state index in [4.69, 9.17) is 16.0 Å². The van der Waals surface area contributed by atoms with Gasteiger partial charge >= 0.3 is 0 Å². The Morgan fingerprint density at radius 1 is 1.58 bits per heavy atom. The summed E-state index contributed by atoms with van der Waals surface area (Å²) in [6.45, 7) is 4.81. The Hall–Kier alpha value is -1.75. The Morgan fingerprint density at radius 3 is 3.00 bits per heavy atom. The molecule has 0 aliphatic heterocycles. The maximum Gasteiger partial charge on any atom is 0.271 e. The molecule has 0 spiro atoms. The molecule has 0 saturated heterocycles. The van der Waals surface area contributed by atoms with Gasteiger partial charge in [0.05, 0.1) is 17.0 Å². The molecule has 1 amide bonds. The molecule has 0 unspecified atom stereocenters. The second-order valence-corrected chi connectivity index (χ2v) is 4.53. The van der Waals surface area contributed by atoms with Crippen LogP contribution >= 0.6 is 11.6 Å². The van der Waals surface area contributed by atoms with Gasteiger partial charge < -0.3 is 9.73 Å². The molecular weight excluding hydrogens is 266 g/mol. The lowest BCUT2D eigenvalue weighted by Crippen LogP contribution is -2.28. The number of carbonyl (C=O) groups excluding carboxylic acids is 1. The fourth-order valence-corrected chi connectivity index (χ4v) is 2.06. The van der Waals surface area contributed by atoms with E-state index in [1.54, 1.807) is 17.9 Å². The SMILES string of the molecule is CCn1nc(C)c(Cl)c1C(=O)NCCc1ccco1. The third-order valence-electron chi connectivity index (χ3n) is 2.81. The zero-order chi connectivity index (χ0) is 13.8. The standard InChI is InChI=1S/C13H16ClN3O2/c1-3-17-12(11(14)9(2)16-17)13(18)15-7-6-10-5-4-8-19-10/h4-5,8H,3,6-7H2,1-2H3,(H,15,18). The first-order chi connectivity index (χ1) is 9.13. The number of nitrogens with zero attached hydrogens (tertiary/aromatic N) is 2. The fourth-order valence-electron chi connectivity index (χ4n) is 1.84. The summed E-state index contributed by atoms with van der Waals surface area (Å²) in [7, 11) is 0. The van der Waals surface area contributed by atoms with Crippen molar-refractivity contribution in [3.63, 3.8) is 0 Å². The second kappa shape index (κ2) is 5.93. The van der Waals surface area contributed by atoms with Crippen LogP contribution in [0.2, 0.25) is 5.02 Å². The van der Waals surface area contributed by atoms with E-state index in [2.05, 4.69) is 10.4 Å². The van der Waals surface area contributed by atoms with Crippen molar-refractivity contribution in [1.82, 2.24) is 15.1 Å². The Labute approximate surface area is 116 Å². The lowest BCUT2D eigenvalue weighted by molar-refractivity contribution is 0.0943. The van der Waals surface area contributed by atoms with Crippen LogP contribution in [0.1, 0.15) is 28.9 Å². The number of aromatic nitrogens is 2. The van der Waals surface area contributed by atoms with Gasteiger partial charge in [-0.05, 0) is 26.0 Å². The van der Waals surface area contributed by atoms with Crippen molar-refractivity contribution in [2.75, 3.05) is 6.54 Å². The highest BCUT2D eigenvalue weighted by atomic mass is 35.5. The molecule has 19 heavy (non-hydrogen) atoms. The Balaban J connectivity index is 2.00. The Bertz CT molecular complexity index is 561.